The average Bonchev–Trinajstić information content (AvgIpc) is 3.04. The summed E-state index contributed by atoms with van der Waals surface area (Å²) in [6.07, 6.45) is 0. The van der Waals surface area contributed by atoms with E-state index in [1.54, 1.807) is 60.3 Å². The molecule has 0 aliphatic carbocycles. The number of ketones is 1. The van der Waals surface area contributed by atoms with Crippen LogP contribution in [-0.2, 0) is 0 Å². The Kier molecular flexibility index (Phi) is 5.85. The van der Waals surface area contributed by atoms with Gasteiger partial charge in [0.05, 0.1) is 7.11 Å². The lowest BCUT2D eigenvalue weighted by atomic mass is 10.1. The number of hydrogen-bond acceptors (Lipinski definition) is 3. The SMILES string of the molecule is COc1cccc(C(=O)CN(C(=O)c2ccc(Cl)cc2)n2c(C)ccc2C)c1. The molecule has 0 fully saturated rings. The predicted molar refractivity (Wildman–Crippen MR) is 110 cm³/mol. The number of benzene rings is 2. The minimum absolute atomic E-state index is 0.106. The Labute approximate surface area is 169 Å². The fraction of sp³-hybridized carbons (Fsp3) is 0.182. The van der Waals surface area contributed by atoms with Crippen molar-refractivity contribution in [2.75, 3.05) is 18.7 Å². The van der Waals surface area contributed by atoms with E-state index in [4.69, 9.17) is 16.3 Å². The number of Topliss-reactive ketones (excluding diaryl/α,β-unsaturated/α-hetero) is 1. The van der Waals surface area contributed by atoms with Gasteiger partial charge in [0, 0.05) is 27.5 Å². The van der Waals surface area contributed by atoms with E-state index < -0.39 is 0 Å². The number of nitrogens with zero attached hydrogens (tertiary/aromatic N) is 2. The Balaban J connectivity index is 1.98. The average molecular weight is 397 g/mol. The molecular weight excluding hydrogens is 376 g/mol. The predicted octanol–water partition coefficient (Wildman–Crippen LogP) is 4.43. The molecule has 3 aromatic rings. The molecule has 0 atom stereocenters. The summed E-state index contributed by atoms with van der Waals surface area (Å²) in [5, 5.41) is 2.00. The number of carbonyl (C=O) groups is 2. The van der Waals surface area contributed by atoms with Gasteiger partial charge in [-0.05, 0) is 62.4 Å². The van der Waals surface area contributed by atoms with Crippen molar-refractivity contribution < 1.29 is 14.3 Å². The molecule has 1 heterocycles. The third kappa shape index (κ3) is 4.10. The molecule has 28 heavy (non-hydrogen) atoms. The number of halogens is 1. The van der Waals surface area contributed by atoms with Crippen molar-refractivity contribution >= 4 is 23.3 Å². The molecule has 2 aromatic carbocycles. The number of rotatable bonds is 6. The van der Waals surface area contributed by atoms with Gasteiger partial charge in [0.15, 0.2) is 5.78 Å². The molecule has 0 saturated heterocycles. The van der Waals surface area contributed by atoms with E-state index in [1.807, 2.05) is 26.0 Å². The first-order valence-electron chi connectivity index (χ1n) is 8.80. The van der Waals surface area contributed by atoms with Gasteiger partial charge in [0.25, 0.3) is 5.91 Å². The maximum Gasteiger partial charge on any atom is 0.273 e. The molecule has 1 amide bonds. The van der Waals surface area contributed by atoms with Gasteiger partial charge in [0.2, 0.25) is 0 Å². The van der Waals surface area contributed by atoms with Crippen LogP contribution in [0.4, 0.5) is 0 Å². The molecule has 0 unspecified atom stereocenters. The van der Waals surface area contributed by atoms with Crippen LogP contribution >= 0.6 is 11.6 Å². The van der Waals surface area contributed by atoms with Crippen LogP contribution in [0.15, 0.2) is 60.7 Å². The molecule has 0 N–H and O–H groups in total. The number of amides is 1. The maximum absolute atomic E-state index is 13.2. The van der Waals surface area contributed by atoms with Gasteiger partial charge in [-0.25, -0.2) is 5.01 Å². The highest BCUT2D eigenvalue weighted by atomic mass is 35.5. The van der Waals surface area contributed by atoms with E-state index in [0.717, 1.165) is 11.4 Å². The Bertz CT molecular complexity index is 989. The van der Waals surface area contributed by atoms with Crippen molar-refractivity contribution in [3.63, 3.8) is 0 Å². The van der Waals surface area contributed by atoms with Crippen LogP contribution in [-0.4, -0.2) is 30.0 Å². The molecule has 5 nitrogen and oxygen atoms in total. The Morgan fingerprint density at radius 3 is 2.21 bits per heavy atom. The molecule has 0 spiro atoms. The molecule has 1 aromatic heterocycles. The molecule has 0 radical (unpaired) electrons. The molecule has 0 aliphatic heterocycles. The second kappa shape index (κ2) is 8.31. The second-order valence-corrected chi connectivity index (χ2v) is 6.89. The van der Waals surface area contributed by atoms with Crippen LogP contribution < -0.4 is 9.75 Å². The molecular formula is C22H21ClN2O3. The summed E-state index contributed by atoms with van der Waals surface area (Å²) in [6, 6.07) is 17.4. The van der Waals surface area contributed by atoms with Gasteiger partial charge in [-0.15, -0.1) is 0 Å². The smallest absolute Gasteiger partial charge is 0.273 e. The first-order valence-corrected chi connectivity index (χ1v) is 9.18. The van der Waals surface area contributed by atoms with Crippen molar-refractivity contribution in [3.8, 4) is 5.75 Å². The Hall–Kier alpha value is -3.05. The van der Waals surface area contributed by atoms with Crippen LogP contribution in [0.1, 0.15) is 32.1 Å². The molecule has 0 aliphatic rings. The van der Waals surface area contributed by atoms with E-state index in [9.17, 15) is 9.59 Å². The summed E-state index contributed by atoms with van der Waals surface area (Å²) in [6.45, 7) is 3.68. The lowest BCUT2D eigenvalue weighted by molar-refractivity contribution is 0.0908. The van der Waals surface area contributed by atoms with E-state index in [0.29, 0.717) is 21.9 Å². The summed E-state index contributed by atoms with van der Waals surface area (Å²) in [5.74, 6) is 0.124. The summed E-state index contributed by atoms with van der Waals surface area (Å²) in [5.41, 5.74) is 2.66. The number of carbonyl (C=O) groups excluding carboxylic acids is 2. The van der Waals surface area contributed by atoms with Crippen molar-refractivity contribution in [1.29, 1.82) is 0 Å². The fourth-order valence-electron chi connectivity index (χ4n) is 3.04. The van der Waals surface area contributed by atoms with Crippen molar-refractivity contribution in [2.24, 2.45) is 0 Å². The highest BCUT2D eigenvalue weighted by Gasteiger charge is 2.23. The minimum atomic E-state index is -0.282. The maximum atomic E-state index is 13.2. The number of ether oxygens (including phenoxy) is 1. The molecule has 6 heteroatoms. The quantitative estimate of drug-likeness (QED) is 0.579. The fourth-order valence-corrected chi connectivity index (χ4v) is 3.17. The molecule has 3 rings (SSSR count). The lowest BCUT2D eigenvalue weighted by Gasteiger charge is -2.26. The topological polar surface area (TPSA) is 51.5 Å². The van der Waals surface area contributed by atoms with Crippen LogP contribution in [0.25, 0.3) is 0 Å². The van der Waals surface area contributed by atoms with Gasteiger partial charge in [-0.2, -0.15) is 0 Å². The third-order valence-electron chi connectivity index (χ3n) is 4.49. The van der Waals surface area contributed by atoms with E-state index in [1.165, 1.54) is 5.01 Å². The van der Waals surface area contributed by atoms with Gasteiger partial charge < -0.3 is 4.74 Å². The van der Waals surface area contributed by atoms with E-state index in [2.05, 4.69) is 0 Å². The van der Waals surface area contributed by atoms with Gasteiger partial charge >= 0.3 is 0 Å². The molecule has 0 saturated carbocycles. The van der Waals surface area contributed by atoms with Crippen molar-refractivity contribution in [3.05, 3.63) is 88.2 Å². The zero-order chi connectivity index (χ0) is 20.3. The highest BCUT2D eigenvalue weighted by Crippen LogP contribution is 2.17. The van der Waals surface area contributed by atoms with E-state index in [-0.39, 0.29) is 18.2 Å². The first-order chi connectivity index (χ1) is 13.4. The number of methoxy groups -OCH3 is 1. The number of hydrogen-bond donors (Lipinski definition) is 0. The zero-order valence-corrected chi connectivity index (χ0v) is 16.7. The Morgan fingerprint density at radius 2 is 1.61 bits per heavy atom. The Morgan fingerprint density at radius 1 is 0.964 bits per heavy atom. The standard InChI is InChI=1S/C22H21ClN2O3/c1-15-7-8-16(2)25(15)24(22(27)17-9-11-19(23)12-10-17)14-21(26)18-5-4-6-20(13-18)28-3/h4-13H,14H2,1-3H3. The number of aromatic nitrogens is 1. The monoisotopic (exact) mass is 396 g/mol. The summed E-state index contributed by atoms with van der Waals surface area (Å²) in [7, 11) is 1.55. The second-order valence-electron chi connectivity index (χ2n) is 6.45. The minimum Gasteiger partial charge on any atom is -0.497 e. The van der Waals surface area contributed by atoms with Crippen molar-refractivity contribution in [2.45, 2.75) is 13.8 Å². The van der Waals surface area contributed by atoms with Gasteiger partial charge in [-0.3, -0.25) is 14.3 Å². The van der Waals surface area contributed by atoms with Crippen LogP contribution in [0.5, 0.6) is 5.75 Å². The highest BCUT2D eigenvalue weighted by molar-refractivity contribution is 6.30. The summed E-state index contributed by atoms with van der Waals surface area (Å²) in [4.78, 5) is 26.2. The van der Waals surface area contributed by atoms with Crippen LogP contribution in [0, 0.1) is 13.8 Å². The third-order valence-corrected chi connectivity index (χ3v) is 4.74. The van der Waals surface area contributed by atoms with E-state index >= 15 is 0 Å². The van der Waals surface area contributed by atoms with Gasteiger partial charge in [-0.1, -0.05) is 23.7 Å². The van der Waals surface area contributed by atoms with Gasteiger partial charge in [0.1, 0.15) is 12.3 Å². The van der Waals surface area contributed by atoms with Crippen LogP contribution in [0.3, 0.4) is 0 Å². The lowest BCUT2D eigenvalue weighted by Crippen LogP contribution is -2.45. The largest absolute Gasteiger partial charge is 0.497 e. The first kappa shape index (κ1) is 19.7. The summed E-state index contributed by atoms with van der Waals surface area (Å²) < 4.78 is 6.96. The van der Waals surface area contributed by atoms with Crippen LogP contribution in [0.2, 0.25) is 5.02 Å². The van der Waals surface area contributed by atoms with Crippen molar-refractivity contribution in [1.82, 2.24) is 4.68 Å². The summed E-state index contributed by atoms with van der Waals surface area (Å²) >= 11 is 5.94. The zero-order valence-electron chi connectivity index (χ0n) is 16.0. The molecule has 0 bridgehead atoms. The number of aryl methyl sites for hydroxylation is 2. The normalized spacial score (nSPS) is 10.6. The molecule has 144 valence electrons.